The molecular weight excluding hydrogens is 210 g/mol. The van der Waals surface area contributed by atoms with Crippen molar-refractivity contribution >= 4 is 17.7 Å². The zero-order chi connectivity index (χ0) is 10.7. The van der Waals surface area contributed by atoms with E-state index in [0.717, 1.165) is 38.0 Å². The number of carbonyl (C=O) groups is 1. The summed E-state index contributed by atoms with van der Waals surface area (Å²) in [6.45, 7) is 0.867. The van der Waals surface area contributed by atoms with Crippen LogP contribution in [0.15, 0.2) is 0 Å². The average Bonchev–Trinajstić information content (AvgIpc) is 2.71. The van der Waals surface area contributed by atoms with E-state index in [-0.39, 0.29) is 0 Å². The zero-order valence-corrected chi connectivity index (χ0v) is 9.81. The predicted molar refractivity (Wildman–Crippen MR) is 62.3 cm³/mol. The van der Waals surface area contributed by atoms with Crippen LogP contribution in [0, 0.1) is 5.92 Å². The van der Waals surface area contributed by atoms with Gasteiger partial charge in [0.15, 0.2) is 0 Å². The van der Waals surface area contributed by atoms with E-state index < -0.39 is 11.5 Å². The van der Waals surface area contributed by atoms with Crippen molar-refractivity contribution in [2.24, 2.45) is 5.92 Å². The molecule has 15 heavy (non-hydrogen) atoms. The van der Waals surface area contributed by atoms with Crippen LogP contribution in [-0.4, -0.2) is 34.7 Å². The summed E-state index contributed by atoms with van der Waals surface area (Å²) in [5, 5.41) is 12.6. The van der Waals surface area contributed by atoms with Gasteiger partial charge < -0.3 is 10.4 Å². The molecule has 86 valence electrons. The topological polar surface area (TPSA) is 49.3 Å². The molecule has 4 heteroatoms. The lowest BCUT2D eigenvalue weighted by atomic mass is 9.81. The summed E-state index contributed by atoms with van der Waals surface area (Å²) in [5.74, 6) is 2.33. The SMILES string of the molecule is O=C(O)C1(CC2CCSC2)CCCCN1. The molecule has 0 aromatic carbocycles. The van der Waals surface area contributed by atoms with Crippen molar-refractivity contribution in [1.29, 1.82) is 0 Å². The zero-order valence-electron chi connectivity index (χ0n) is 9.00. The first kappa shape index (κ1) is 11.3. The van der Waals surface area contributed by atoms with E-state index in [1.807, 2.05) is 11.8 Å². The van der Waals surface area contributed by atoms with Crippen LogP contribution < -0.4 is 5.32 Å². The lowest BCUT2D eigenvalue weighted by Gasteiger charge is -2.36. The number of hydrogen-bond acceptors (Lipinski definition) is 3. The maximum atomic E-state index is 11.4. The van der Waals surface area contributed by atoms with Crippen LogP contribution in [0.25, 0.3) is 0 Å². The Labute approximate surface area is 95.0 Å². The second kappa shape index (κ2) is 4.74. The van der Waals surface area contributed by atoms with Crippen molar-refractivity contribution in [1.82, 2.24) is 5.32 Å². The van der Waals surface area contributed by atoms with Gasteiger partial charge in [0, 0.05) is 0 Å². The van der Waals surface area contributed by atoms with E-state index in [2.05, 4.69) is 5.32 Å². The van der Waals surface area contributed by atoms with Gasteiger partial charge in [0.2, 0.25) is 0 Å². The first-order valence-corrected chi connectivity index (χ1v) is 6.95. The van der Waals surface area contributed by atoms with E-state index in [0.29, 0.717) is 5.92 Å². The first-order valence-electron chi connectivity index (χ1n) is 5.79. The Kier molecular flexibility index (Phi) is 3.57. The van der Waals surface area contributed by atoms with Gasteiger partial charge in [0.1, 0.15) is 5.54 Å². The molecule has 2 N–H and O–H groups in total. The second-order valence-electron chi connectivity index (χ2n) is 4.70. The minimum Gasteiger partial charge on any atom is -0.480 e. The molecule has 0 aromatic rings. The summed E-state index contributed by atoms with van der Waals surface area (Å²) in [5.41, 5.74) is -0.603. The summed E-state index contributed by atoms with van der Waals surface area (Å²) in [7, 11) is 0. The van der Waals surface area contributed by atoms with E-state index in [4.69, 9.17) is 0 Å². The van der Waals surface area contributed by atoms with Gasteiger partial charge in [-0.05, 0) is 56.1 Å². The average molecular weight is 229 g/mol. The Balaban J connectivity index is 2.00. The first-order chi connectivity index (χ1) is 7.23. The van der Waals surface area contributed by atoms with E-state index in [1.54, 1.807) is 0 Å². The van der Waals surface area contributed by atoms with Gasteiger partial charge in [-0.3, -0.25) is 4.79 Å². The summed E-state index contributed by atoms with van der Waals surface area (Å²) in [6.07, 6.45) is 5.01. The molecule has 2 aliphatic rings. The molecule has 0 aromatic heterocycles. The van der Waals surface area contributed by atoms with Crippen LogP contribution in [-0.2, 0) is 4.79 Å². The van der Waals surface area contributed by atoms with Gasteiger partial charge in [-0.2, -0.15) is 11.8 Å². The van der Waals surface area contributed by atoms with Crippen LogP contribution in [0.3, 0.4) is 0 Å². The van der Waals surface area contributed by atoms with Crippen LogP contribution in [0.4, 0.5) is 0 Å². The Hall–Kier alpha value is -0.220. The third-order valence-electron chi connectivity index (χ3n) is 3.56. The summed E-state index contributed by atoms with van der Waals surface area (Å²) in [6, 6.07) is 0. The second-order valence-corrected chi connectivity index (χ2v) is 5.85. The molecule has 0 radical (unpaired) electrons. The quantitative estimate of drug-likeness (QED) is 0.774. The number of rotatable bonds is 3. The molecule has 2 atom stereocenters. The number of thioether (sulfide) groups is 1. The number of aliphatic carboxylic acids is 1. The van der Waals surface area contributed by atoms with Crippen LogP contribution in [0.1, 0.15) is 32.1 Å². The Morgan fingerprint density at radius 1 is 1.53 bits per heavy atom. The Morgan fingerprint density at radius 2 is 2.40 bits per heavy atom. The highest BCUT2D eigenvalue weighted by Gasteiger charge is 2.41. The Morgan fingerprint density at radius 3 is 2.93 bits per heavy atom. The lowest BCUT2D eigenvalue weighted by molar-refractivity contribution is -0.146. The highest BCUT2D eigenvalue weighted by Crippen LogP contribution is 2.34. The molecule has 2 saturated heterocycles. The molecule has 0 saturated carbocycles. The number of piperidine rings is 1. The highest BCUT2D eigenvalue weighted by atomic mass is 32.2. The smallest absolute Gasteiger partial charge is 0.323 e. The maximum absolute atomic E-state index is 11.4. The van der Waals surface area contributed by atoms with Crippen molar-refractivity contribution in [3.05, 3.63) is 0 Å². The van der Waals surface area contributed by atoms with Crippen molar-refractivity contribution in [3.63, 3.8) is 0 Å². The van der Waals surface area contributed by atoms with E-state index >= 15 is 0 Å². The van der Waals surface area contributed by atoms with Crippen molar-refractivity contribution in [2.45, 2.75) is 37.6 Å². The van der Waals surface area contributed by atoms with E-state index in [1.165, 1.54) is 12.2 Å². The Bertz CT molecular complexity index is 233. The summed E-state index contributed by atoms with van der Waals surface area (Å²) >= 11 is 1.96. The number of hydrogen-bond donors (Lipinski definition) is 2. The van der Waals surface area contributed by atoms with Gasteiger partial charge in [0.25, 0.3) is 0 Å². The monoisotopic (exact) mass is 229 g/mol. The summed E-state index contributed by atoms with van der Waals surface area (Å²) < 4.78 is 0. The highest BCUT2D eigenvalue weighted by molar-refractivity contribution is 7.99. The number of carboxylic acids is 1. The molecule has 2 unspecified atom stereocenters. The molecule has 2 rings (SSSR count). The standard InChI is InChI=1S/C11H19NO2S/c13-10(14)11(4-1-2-5-12-11)7-9-3-6-15-8-9/h9,12H,1-8H2,(H,13,14). The molecule has 2 aliphatic heterocycles. The summed E-state index contributed by atoms with van der Waals surface area (Å²) in [4.78, 5) is 11.4. The van der Waals surface area contributed by atoms with Gasteiger partial charge in [0.05, 0.1) is 0 Å². The third-order valence-corrected chi connectivity index (χ3v) is 4.80. The molecule has 0 spiro atoms. The molecular formula is C11H19NO2S. The minimum absolute atomic E-state index is 0.603. The normalized spacial score (nSPS) is 36.7. The maximum Gasteiger partial charge on any atom is 0.323 e. The molecule has 3 nitrogen and oxygen atoms in total. The fourth-order valence-corrected chi connectivity index (χ4v) is 3.93. The third kappa shape index (κ3) is 2.48. The lowest BCUT2D eigenvalue weighted by Crippen LogP contribution is -2.55. The van der Waals surface area contributed by atoms with Crippen LogP contribution >= 0.6 is 11.8 Å². The molecule has 2 fully saturated rings. The van der Waals surface area contributed by atoms with Gasteiger partial charge >= 0.3 is 5.97 Å². The fraction of sp³-hybridized carbons (Fsp3) is 0.909. The molecule has 0 amide bonds. The van der Waals surface area contributed by atoms with Crippen LogP contribution in [0.5, 0.6) is 0 Å². The largest absolute Gasteiger partial charge is 0.480 e. The van der Waals surface area contributed by atoms with Crippen molar-refractivity contribution < 1.29 is 9.90 Å². The van der Waals surface area contributed by atoms with Crippen molar-refractivity contribution in [3.8, 4) is 0 Å². The minimum atomic E-state index is -0.640. The number of carboxylic acid groups (broad SMARTS) is 1. The molecule has 0 aliphatic carbocycles. The molecule has 2 heterocycles. The number of nitrogens with one attached hydrogen (secondary N) is 1. The van der Waals surface area contributed by atoms with Gasteiger partial charge in [-0.1, -0.05) is 0 Å². The van der Waals surface area contributed by atoms with E-state index in [9.17, 15) is 9.90 Å². The predicted octanol–water partition coefficient (Wildman–Crippen LogP) is 1.73. The van der Waals surface area contributed by atoms with Crippen molar-refractivity contribution in [2.75, 3.05) is 18.1 Å². The van der Waals surface area contributed by atoms with Gasteiger partial charge in [-0.25, -0.2) is 0 Å². The van der Waals surface area contributed by atoms with Gasteiger partial charge in [-0.15, -0.1) is 0 Å². The molecule has 0 bridgehead atoms. The fourth-order valence-electron chi connectivity index (χ4n) is 2.65. The van der Waals surface area contributed by atoms with Crippen LogP contribution in [0.2, 0.25) is 0 Å².